The predicted molar refractivity (Wildman–Crippen MR) is 194 cm³/mol. The maximum absolute atomic E-state index is 2.41. The zero-order valence-corrected chi connectivity index (χ0v) is 25.9. The molecule has 0 radical (unpaired) electrons. The average Bonchev–Trinajstić information content (AvgIpc) is 3.65. The minimum Gasteiger partial charge on any atom is -0.309 e. The van der Waals surface area contributed by atoms with Gasteiger partial charge in [-0.2, -0.15) is 0 Å². The predicted octanol–water partition coefficient (Wildman–Crippen LogP) is 11.5. The number of benzene rings is 6. The molecule has 0 N–H and O–H groups in total. The van der Waals surface area contributed by atoms with Crippen LogP contribution in [-0.4, -0.2) is 9.13 Å². The normalized spacial score (nSPS) is 13.6. The molecule has 0 amide bonds. The third-order valence-electron chi connectivity index (χ3n) is 10.2. The molecule has 0 bridgehead atoms. The van der Waals surface area contributed by atoms with E-state index in [1.807, 2.05) is 0 Å². The van der Waals surface area contributed by atoms with Crippen molar-refractivity contribution in [2.45, 2.75) is 25.2 Å². The summed E-state index contributed by atoms with van der Waals surface area (Å²) in [5.41, 5.74) is 11.1. The Kier molecular flexibility index (Phi) is 6.11. The molecule has 1 aliphatic carbocycles. The number of nitrogens with zero attached hydrogens (tertiary/aromatic N) is 2. The molecule has 220 valence electrons. The second-order valence-electron chi connectivity index (χ2n) is 12.6. The molecule has 0 atom stereocenters. The molecule has 8 aromatic rings. The monoisotopic (exact) mass is 590 g/mol. The molecule has 0 aliphatic heterocycles. The molecule has 0 spiro atoms. The number of rotatable bonds is 5. The average molecular weight is 591 g/mol. The van der Waals surface area contributed by atoms with E-state index >= 15 is 0 Å². The highest BCUT2D eigenvalue weighted by atomic mass is 15.0. The Labute approximate surface area is 269 Å². The molecule has 2 heterocycles. The van der Waals surface area contributed by atoms with Crippen molar-refractivity contribution in [2.75, 3.05) is 0 Å². The van der Waals surface area contributed by atoms with Gasteiger partial charge in [0.15, 0.2) is 0 Å². The molecule has 46 heavy (non-hydrogen) atoms. The topological polar surface area (TPSA) is 9.86 Å². The molecule has 9 rings (SSSR count). The van der Waals surface area contributed by atoms with Gasteiger partial charge in [-0.05, 0) is 79.4 Å². The summed E-state index contributed by atoms with van der Waals surface area (Å²) < 4.78 is 4.80. The molecule has 0 saturated heterocycles. The van der Waals surface area contributed by atoms with Gasteiger partial charge in [-0.25, -0.2) is 0 Å². The second-order valence-corrected chi connectivity index (χ2v) is 12.6. The van der Waals surface area contributed by atoms with E-state index in [0.29, 0.717) is 0 Å². The van der Waals surface area contributed by atoms with E-state index in [-0.39, 0.29) is 5.41 Å². The van der Waals surface area contributed by atoms with Gasteiger partial charge in [0, 0.05) is 38.3 Å². The van der Waals surface area contributed by atoms with Gasteiger partial charge in [-0.1, -0.05) is 121 Å². The first kappa shape index (κ1) is 26.8. The Bertz CT molecular complexity index is 2200. The molecular weight excluding hydrogens is 556 g/mol. The third kappa shape index (κ3) is 3.96. The van der Waals surface area contributed by atoms with Crippen LogP contribution in [0.5, 0.6) is 0 Å². The summed E-state index contributed by atoms with van der Waals surface area (Å²) in [4.78, 5) is 0. The Morgan fingerprint density at radius 2 is 0.826 bits per heavy atom. The van der Waals surface area contributed by atoms with Crippen LogP contribution >= 0.6 is 0 Å². The minimum atomic E-state index is -0.260. The van der Waals surface area contributed by atoms with E-state index < -0.39 is 0 Å². The summed E-state index contributed by atoms with van der Waals surface area (Å²) >= 11 is 0. The SMILES string of the molecule is CC(C1=CC=CCC1)(c1ccc(-n2c3ccccc3c3ccccc32)cc1)c1ccc(-n2c3ccccc3c3ccccc32)cc1. The van der Waals surface area contributed by atoms with Crippen LogP contribution < -0.4 is 0 Å². The number of hydrogen-bond acceptors (Lipinski definition) is 0. The van der Waals surface area contributed by atoms with Gasteiger partial charge in [0.05, 0.1) is 22.1 Å². The summed E-state index contributed by atoms with van der Waals surface area (Å²) in [6, 6.07) is 53.5. The van der Waals surface area contributed by atoms with Crippen LogP contribution in [-0.2, 0) is 5.41 Å². The molecule has 0 unspecified atom stereocenters. The number of fused-ring (bicyclic) bond motifs is 6. The molecule has 2 aromatic heterocycles. The Hall–Kier alpha value is -5.60. The van der Waals surface area contributed by atoms with E-state index in [1.165, 1.54) is 71.7 Å². The minimum absolute atomic E-state index is 0.260. The van der Waals surface area contributed by atoms with E-state index in [2.05, 4.69) is 180 Å². The molecule has 2 nitrogen and oxygen atoms in total. The van der Waals surface area contributed by atoms with Gasteiger partial charge >= 0.3 is 0 Å². The maximum atomic E-state index is 2.41. The van der Waals surface area contributed by atoms with E-state index in [1.54, 1.807) is 0 Å². The van der Waals surface area contributed by atoms with Crippen molar-refractivity contribution in [3.63, 3.8) is 0 Å². The van der Waals surface area contributed by atoms with Crippen molar-refractivity contribution in [3.8, 4) is 11.4 Å². The first-order chi connectivity index (χ1) is 22.7. The Balaban J connectivity index is 1.17. The summed E-state index contributed by atoms with van der Waals surface area (Å²) in [5.74, 6) is 0. The van der Waals surface area contributed by atoms with Crippen LogP contribution in [0.25, 0.3) is 55.0 Å². The van der Waals surface area contributed by atoms with Crippen LogP contribution in [0.4, 0.5) is 0 Å². The van der Waals surface area contributed by atoms with Crippen molar-refractivity contribution in [2.24, 2.45) is 0 Å². The van der Waals surface area contributed by atoms with Crippen molar-refractivity contribution in [3.05, 3.63) is 181 Å². The van der Waals surface area contributed by atoms with Crippen molar-refractivity contribution >= 4 is 43.6 Å². The summed E-state index contributed by atoms with van der Waals surface area (Å²) in [7, 11) is 0. The van der Waals surface area contributed by atoms with Gasteiger partial charge in [0.1, 0.15) is 0 Å². The number of para-hydroxylation sites is 4. The lowest BCUT2D eigenvalue weighted by Gasteiger charge is -2.35. The highest BCUT2D eigenvalue weighted by Crippen LogP contribution is 2.43. The van der Waals surface area contributed by atoms with Crippen LogP contribution in [0.1, 0.15) is 30.9 Å². The maximum Gasteiger partial charge on any atom is 0.0541 e. The lowest BCUT2D eigenvalue weighted by atomic mass is 9.68. The first-order valence-electron chi connectivity index (χ1n) is 16.3. The van der Waals surface area contributed by atoms with E-state index in [9.17, 15) is 0 Å². The quantitative estimate of drug-likeness (QED) is 0.189. The molecular formula is C44H34N2. The number of hydrogen-bond donors (Lipinski definition) is 0. The number of aromatic nitrogens is 2. The number of allylic oxidation sites excluding steroid dienone is 4. The first-order valence-corrected chi connectivity index (χ1v) is 16.3. The molecule has 0 saturated carbocycles. The fourth-order valence-electron chi connectivity index (χ4n) is 7.85. The molecule has 2 heteroatoms. The molecule has 1 aliphatic rings. The summed E-state index contributed by atoms with van der Waals surface area (Å²) in [5, 5.41) is 5.15. The summed E-state index contributed by atoms with van der Waals surface area (Å²) in [6.45, 7) is 2.41. The summed E-state index contributed by atoms with van der Waals surface area (Å²) in [6.07, 6.45) is 8.97. The van der Waals surface area contributed by atoms with E-state index in [0.717, 1.165) is 12.8 Å². The fraction of sp³-hybridized carbons (Fsp3) is 0.0909. The second kappa shape index (κ2) is 10.5. The molecule has 6 aromatic carbocycles. The lowest BCUT2D eigenvalue weighted by Crippen LogP contribution is -2.27. The van der Waals surface area contributed by atoms with Crippen LogP contribution in [0, 0.1) is 0 Å². The Morgan fingerprint density at radius 3 is 1.17 bits per heavy atom. The van der Waals surface area contributed by atoms with Crippen molar-refractivity contribution in [1.82, 2.24) is 9.13 Å². The zero-order chi connectivity index (χ0) is 30.7. The standard InChI is InChI=1S/C44H34N2/c1-44(31-13-3-2-4-14-31,32-23-27-34(28-24-32)45-40-19-9-5-15-36(40)37-16-6-10-20-41(37)45)33-25-29-35(30-26-33)46-42-21-11-7-17-38(42)39-18-8-12-22-43(39)46/h2-3,5-13,15-30H,4,14H2,1H3. The van der Waals surface area contributed by atoms with Crippen LogP contribution in [0.15, 0.2) is 169 Å². The van der Waals surface area contributed by atoms with Gasteiger partial charge < -0.3 is 9.13 Å². The van der Waals surface area contributed by atoms with Crippen molar-refractivity contribution in [1.29, 1.82) is 0 Å². The largest absolute Gasteiger partial charge is 0.309 e. The van der Waals surface area contributed by atoms with Crippen LogP contribution in [0.3, 0.4) is 0 Å². The fourth-order valence-corrected chi connectivity index (χ4v) is 7.85. The van der Waals surface area contributed by atoms with Gasteiger partial charge in [-0.3, -0.25) is 0 Å². The lowest BCUT2D eigenvalue weighted by molar-refractivity contribution is 0.633. The Morgan fingerprint density at radius 1 is 0.457 bits per heavy atom. The molecule has 0 fully saturated rings. The smallest absolute Gasteiger partial charge is 0.0541 e. The highest BCUT2D eigenvalue weighted by molar-refractivity contribution is 6.10. The van der Waals surface area contributed by atoms with E-state index in [4.69, 9.17) is 0 Å². The zero-order valence-electron chi connectivity index (χ0n) is 25.9. The third-order valence-corrected chi connectivity index (χ3v) is 10.2. The van der Waals surface area contributed by atoms with Gasteiger partial charge in [-0.15, -0.1) is 0 Å². The van der Waals surface area contributed by atoms with Gasteiger partial charge in [0.25, 0.3) is 0 Å². The van der Waals surface area contributed by atoms with Crippen LogP contribution in [0.2, 0.25) is 0 Å². The highest BCUT2D eigenvalue weighted by Gasteiger charge is 2.33. The van der Waals surface area contributed by atoms with Crippen molar-refractivity contribution < 1.29 is 0 Å². The van der Waals surface area contributed by atoms with Gasteiger partial charge in [0.2, 0.25) is 0 Å².